The van der Waals surface area contributed by atoms with Crippen molar-refractivity contribution in [2.24, 2.45) is 22.8 Å². The first kappa shape index (κ1) is 18.3. The van der Waals surface area contributed by atoms with Crippen LogP contribution in [-0.2, 0) is 14.3 Å². The van der Waals surface area contributed by atoms with Crippen molar-refractivity contribution in [1.29, 1.82) is 0 Å². The number of nitrogens with one attached hydrogen (secondary N) is 2. The van der Waals surface area contributed by atoms with Crippen LogP contribution in [0, 0.1) is 11.8 Å². The standard InChI is InChI=1S/C15H28N4O3/c1-4-5-6-13(19-10(2)20)12-7-11(15(21)22-3)8-14(12)17-9-18-16/h9,11-14H,4-8,16H2,1-3H3,(H,17,18)(H,19,20)/t11-,12-,13?,14+/m1/s1. The van der Waals surface area contributed by atoms with Crippen molar-refractivity contribution in [3.05, 3.63) is 0 Å². The van der Waals surface area contributed by atoms with Crippen LogP contribution in [0.1, 0.15) is 46.0 Å². The molecule has 1 rings (SSSR count). The number of amides is 1. The highest BCUT2D eigenvalue weighted by atomic mass is 16.5. The van der Waals surface area contributed by atoms with E-state index in [4.69, 9.17) is 10.6 Å². The van der Waals surface area contributed by atoms with E-state index in [1.165, 1.54) is 20.4 Å². The highest BCUT2D eigenvalue weighted by Gasteiger charge is 2.42. The van der Waals surface area contributed by atoms with Gasteiger partial charge in [0, 0.05) is 24.9 Å². The molecule has 7 heteroatoms. The third-order valence-electron chi connectivity index (χ3n) is 4.28. The molecule has 0 aromatic heterocycles. The Morgan fingerprint density at radius 2 is 2.18 bits per heavy atom. The van der Waals surface area contributed by atoms with Crippen molar-refractivity contribution in [3.8, 4) is 0 Å². The van der Waals surface area contributed by atoms with Gasteiger partial charge in [-0.25, -0.2) is 0 Å². The lowest BCUT2D eigenvalue weighted by atomic mass is 9.90. The molecule has 1 unspecified atom stereocenters. The van der Waals surface area contributed by atoms with Crippen molar-refractivity contribution >= 4 is 18.2 Å². The number of hydrogen-bond donors (Lipinski definition) is 3. The number of carbonyl (C=O) groups excluding carboxylic acids is 2. The second kappa shape index (κ2) is 9.27. The molecule has 4 atom stereocenters. The molecule has 0 heterocycles. The Balaban J connectivity index is 2.85. The van der Waals surface area contributed by atoms with Crippen molar-refractivity contribution in [2.75, 3.05) is 7.11 Å². The summed E-state index contributed by atoms with van der Waals surface area (Å²) in [4.78, 5) is 23.3. The molecule has 0 aromatic rings. The molecule has 0 saturated heterocycles. The number of unbranched alkanes of at least 4 members (excludes halogenated alkanes) is 1. The van der Waals surface area contributed by atoms with E-state index >= 15 is 0 Å². The van der Waals surface area contributed by atoms with E-state index in [0.717, 1.165) is 19.3 Å². The van der Waals surface area contributed by atoms with Crippen LogP contribution in [0.2, 0.25) is 0 Å². The molecule has 0 aromatic carbocycles. The number of ether oxygens (including phenoxy) is 1. The monoisotopic (exact) mass is 312 g/mol. The molecule has 1 aliphatic rings. The topological polar surface area (TPSA) is 106 Å². The molecule has 7 nitrogen and oxygen atoms in total. The molecule has 0 spiro atoms. The predicted octanol–water partition coefficient (Wildman–Crippen LogP) is 0.741. The fourth-order valence-electron chi connectivity index (χ4n) is 3.28. The number of nitrogens with two attached hydrogens (primary N) is 1. The van der Waals surface area contributed by atoms with Crippen molar-refractivity contribution in [1.82, 2.24) is 10.6 Å². The van der Waals surface area contributed by atoms with Crippen LogP contribution in [0.5, 0.6) is 0 Å². The fraction of sp³-hybridized carbons (Fsp3) is 0.800. The maximum Gasteiger partial charge on any atom is 0.308 e. The van der Waals surface area contributed by atoms with Gasteiger partial charge in [0.05, 0.1) is 13.0 Å². The molecule has 1 fully saturated rings. The smallest absolute Gasteiger partial charge is 0.308 e. The first-order valence-corrected chi connectivity index (χ1v) is 7.86. The maximum atomic E-state index is 11.8. The highest BCUT2D eigenvalue weighted by Crippen LogP contribution is 2.35. The number of methoxy groups -OCH3 is 1. The van der Waals surface area contributed by atoms with Crippen LogP contribution in [0.3, 0.4) is 0 Å². The zero-order valence-electron chi connectivity index (χ0n) is 13.7. The fourth-order valence-corrected chi connectivity index (χ4v) is 3.28. The Hall–Kier alpha value is -1.79. The van der Waals surface area contributed by atoms with Gasteiger partial charge in [0.1, 0.15) is 6.34 Å². The van der Waals surface area contributed by atoms with Crippen LogP contribution >= 0.6 is 0 Å². The van der Waals surface area contributed by atoms with E-state index in [-0.39, 0.29) is 35.8 Å². The predicted molar refractivity (Wildman–Crippen MR) is 85.0 cm³/mol. The van der Waals surface area contributed by atoms with E-state index in [1.54, 1.807) is 0 Å². The van der Waals surface area contributed by atoms with Gasteiger partial charge in [0.15, 0.2) is 0 Å². The summed E-state index contributed by atoms with van der Waals surface area (Å²) in [6.07, 6.45) is 5.78. The summed E-state index contributed by atoms with van der Waals surface area (Å²) in [5.41, 5.74) is 0. The van der Waals surface area contributed by atoms with Crippen LogP contribution in [0.25, 0.3) is 0 Å². The highest BCUT2D eigenvalue weighted by molar-refractivity contribution is 5.74. The minimum atomic E-state index is -0.198. The van der Waals surface area contributed by atoms with E-state index < -0.39 is 0 Å². The van der Waals surface area contributed by atoms with Crippen LogP contribution < -0.4 is 16.5 Å². The number of carbonyl (C=O) groups is 2. The van der Waals surface area contributed by atoms with Crippen molar-refractivity contribution in [2.45, 2.75) is 58.0 Å². The van der Waals surface area contributed by atoms with Gasteiger partial charge >= 0.3 is 5.97 Å². The third kappa shape index (κ3) is 5.20. The number of nitrogens with zero attached hydrogens (tertiary/aromatic N) is 1. The lowest BCUT2D eigenvalue weighted by Crippen LogP contribution is -2.46. The summed E-state index contributed by atoms with van der Waals surface area (Å²) in [5.74, 6) is 4.90. The number of esters is 1. The van der Waals surface area contributed by atoms with Gasteiger partial charge in [0.2, 0.25) is 5.91 Å². The summed E-state index contributed by atoms with van der Waals surface area (Å²) < 4.78 is 4.86. The van der Waals surface area contributed by atoms with E-state index in [9.17, 15) is 9.59 Å². The summed E-state index contributed by atoms with van der Waals surface area (Å²) in [7, 11) is 1.40. The zero-order chi connectivity index (χ0) is 16.5. The average Bonchev–Trinajstić information content (AvgIpc) is 2.92. The zero-order valence-corrected chi connectivity index (χ0v) is 13.7. The molecule has 0 bridgehead atoms. The van der Waals surface area contributed by atoms with E-state index in [0.29, 0.717) is 12.8 Å². The molecule has 0 radical (unpaired) electrons. The Kier molecular flexibility index (Phi) is 7.70. The van der Waals surface area contributed by atoms with Gasteiger partial charge in [-0.3, -0.25) is 9.59 Å². The van der Waals surface area contributed by atoms with Crippen LogP contribution in [0.4, 0.5) is 0 Å². The molecule has 1 saturated carbocycles. The molecule has 4 N–H and O–H groups in total. The normalized spacial score (nSPS) is 25.9. The van der Waals surface area contributed by atoms with Crippen LogP contribution in [0.15, 0.2) is 5.10 Å². The molecular formula is C15H28N4O3. The van der Waals surface area contributed by atoms with Gasteiger partial charge in [-0.2, -0.15) is 5.10 Å². The van der Waals surface area contributed by atoms with E-state index in [2.05, 4.69) is 22.7 Å². The molecule has 126 valence electrons. The number of hydrazone groups is 1. The Morgan fingerprint density at radius 1 is 1.45 bits per heavy atom. The van der Waals surface area contributed by atoms with Gasteiger partial charge < -0.3 is 21.2 Å². The van der Waals surface area contributed by atoms with Gasteiger partial charge in [0.25, 0.3) is 0 Å². The lowest BCUT2D eigenvalue weighted by molar-refractivity contribution is -0.145. The second-order valence-corrected chi connectivity index (χ2v) is 5.86. The third-order valence-corrected chi connectivity index (χ3v) is 4.28. The molecule has 22 heavy (non-hydrogen) atoms. The first-order valence-electron chi connectivity index (χ1n) is 7.86. The average molecular weight is 312 g/mol. The Labute approximate surface area is 132 Å². The quantitative estimate of drug-likeness (QED) is 0.201. The van der Waals surface area contributed by atoms with Crippen LogP contribution in [-0.4, -0.2) is 37.4 Å². The number of hydrogen-bond acceptors (Lipinski definition) is 5. The first-order chi connectivity index (χ1) is 10.5. The molecular weight excluding hydrogens is 284 g/mol. The SMILES string of the molecule is CCCCC(NC(C)=O)[C@H]1C[C@@H](C(=O)OC)C[C@@H]1N/C=N\N. The maximum absolute atomic E-state index is 11.8. The minimum absolute atomic E-state index is 0.0378. The number of rotatable bonds is 8. The molecule has 1 amide bonds. The summed E-state index contributed by atoms with van der Waals surface area (Å²) in [5, 5.41) is 9.64. The van der Waals surface area contributed by atoms with Gasteiger partial charge in [-0.1, -0.05) is 19.8 Å². The van der Waals surface area contributed by atoms with E-state index in [1.807, 2.05) is 0 Å². The van der Waals surface area contributed by atoms with Crippen molar-refractivity contribution in [3.63, 3.8) is 0 Å². The second-order valence-electron chi connectivity index (χ2n) is 5.86. The van der Waals surface area contributed by atoms with Crippen molar-refractivity contribution < 1.29 is 14.3 Å². The summed E-state index contributed by atoms with van der Waals surface area (Å²) >= 11 is 0. The lowest BCUT2D eigenvalue weighted by Gasteiger charge is -2.29. The summed E-state index contributed by atoms with van der Waals surface area (Å²) in [6, 6.07) is 0.0842. The van der Waals surface area contributed by atoms with Gasteiger partial charge in [-0.05, 0) is 19.3 Å². The van der Waals surface area contributed by atoms with Gasteiger partial charge in [-0.15, -0.1) is 0 Å². The molecule has 0 aliphatic heterocycles. The minimum Gasteiger partial charge on any atom is -0.469 e. The summed E-state index contributed by atoms with van der Waals surface area (Å²) in [6.45, 7) is 3.64. The Bertz CT molecular complexity index is 400. The Morgan fingerprint density at radius 3 is 2.73 bits per heavy atom. The molecule has 1 aliphatic carbocycles. The largest absolute Gasteiger partial charge is 0.469 e.